The van der Waals surface area contributed by atoms with Crippen molar-refractivity contribution < 1.29 is 63.0 Å². The predicted molar refractivity (Wildman–Crippen MR) is 154 cm³/mol. The van der Waals surface area contributed by atoms with Crippen molar-refractivity contribution in [3.8, 4) is 0 Å². The molecule has 0 radical (unpaired) electrons. The van der Waals surface area contributed by atoms with Gasteiger partial charge >= 0.3 is 18.5 Å². The molecule has 2 unspecified atom stereocenters. The minimum absolute atomic E-state index is 0.0343. The van der Waals surface area contributed by atoms with Crippen LogP contribution in [0.1, 0.15) is 90.9 Å². The van der Waals surface area contributed by atoms with E-state index in [1.807, 2.05) is 0 Å². The van der Waals surface area contributed by atoms with Crippen LogP contribution in [0.2, 0.25) is 0 Å². The second kappa shape index (κ2) is 14.2. The van der Waals surface area contributed by atoms with Crippen LogP contribution in [0.4, 0.5) is 48.3 Å². The van der Waals surface area contributed by atoms with Crippen molar-refractivity contribution in [1.29, 1.82) is 0 Å². The first-order valence-electron chi connectivity index (χ1n) is 14.8. The van der Waals surface area contributed by atoms with Crippen molar-refractivity contribution in [3.63, 3.8) is 0 Å². The van der Waals surface area contributed by atoms with Crippen LogP contribution in [-0.4, -0.2) is 78.9 Å². The van der Waals surface area contributed by atoms with Gasteiger partial charge in [0.1, 0.15) is 0 Å². The molecule has 4 rings (SSSR count). The maximum Gasteiger partial charge on any atom is 0.417 e. The third-order valence-electron chi connectivity index (χ3n) is 8.53. The van der Waals surface area contributed by atoms with E-state index in [2.05, 4.69) is 20.6 Å². The average molecular weight is 737 g/mol. The van der Waals surface area contributed by atoms with Gasteiger partial charge in [0.2, 0.25) is 5.92 Å². The van der Waals surface area contributed by atoms with Gasteiger partial charge < -0.3 is 15.7 Å². The van der Waals surface area contributed by atoms with Crippen molar-refractivity contribution in [2.45, 2.75) is 143 Å². The number of aliphatic hydroxyl groups is 1. The Kier molecular flexibility index (Phi) is 12.0. The number of amides is 2. The number of carbonyl (C=O) groups is 2. The molecule has 0 aromatic heterocycles. The quantitative estimate of drug-likeness (QED) is 0.256. The zero-order chi connectivity index (χ0) is 35.7. The second-order valence-electron chi connectivity index (χ2n) is 12.3. The number of thioether (sulfide) groups is 2. The number of nitrogens with one attached hydrogen (secondary N) is 2. The van der Waals surface area contributed by atoms with Crippen molar-refractivity contribution >= 4 is 45.7 Å². The normalized spacial score (nSPS) is 34.9. The zero-order valence-electron chi connectivity index (χ0n) is 25.3. The molecular weight excluding hydrogens is 701 g/mol. The number of aliphatic imine (C=N–C) groups is 2. The molecule has 20 heteroatoms. The SMILES string of the molecule is CC1(C(F)(F)F)SC(=NC2CCCC(F)(F)CCC2)NC1=O.CC1(C(F)(F)F)SC(=NC2CCCC(O)(C(F)(F)F)CCC2)NC1=O. The lowest BCUT2D eigenvalue weighted by atomic mass is 9.85. The van der Waals surface area contributed by atoms with Gasteiger partial charge in [0.25, 0.3) is 11.8 Å². The Morgan fingerprint density at radius 2 is 0.957 bits per heavy atom. The zero-order valence-corrected chi connectivity index (χ0v) is 26.9. The van der Waals surface area contributed by atoms with Gasteiger partial charge in [-0.2, -0.15) is 39.5 Å². The van der Waals surface area contributed by atoms with Crippen LogP contribution in [0, 0.1) is 0 Å². The molecule has 0 bridgehead atoms. The molecule has 2 aliphatic carbocycles. The van der Waals surface area contributed by atoms with Crippen LogP contribution < -0.4 is 10.6 Å². The van der Waals surface area contributed by atoms with Crippen LogP contribution in [-0.2, 0) is 9.59 Å². The Labute approximate surface area is 271 Å². The Morgan fingerprint density at radius 1 is 0.638 bits per heavy atom. The molecule has 4 fully saturated rings. The summed E-state index contributed by atoms with van der Waals surface area (Å²) in [7, 11) is 0. The maximum atomic E-state index is 13.2. The van der Waals surface area contributed by atoms with Gasteiger partial charge in [0.15, 0.2) is 25.4 Å². The molecule has 3 N–H and O–H groups in total. The van der Waals surface area contributed by atoms with E-state index < -0.39 is 70.2 Å². The minimum atomic E-state index is -4.75. The molecule has 2 saturated carbocycles. The van der Waals surface area contributed by atoms with E-state index in [1.54, 1.807) is 0 Å². The lowest BCUT2D eigenvalue weighted by Crippen LogP contribution is -2.46. The molecule has 2 heterocycles. The molecule has 0 aromatic rings. The molecule has 2 aliphatic heterocycles. The van der Waals surface area contributed by atoms with E-state index in [9.17, 15) is 63.0 Å². The van der Waals surface area contributed by atoms with Crippen molar-refractivity contribution in [2.75, 3.05) is 0 Å². The number of alkyl halides is 11. The molecule has 2 saturated heterocycles. The van der Waals surface area contributed by atoms with Crippen LogP contribution in [0.3, 0.4) is 0 Å². The number of hydrogen-bond acceptors (Lipinski definition) is 7. The minimum Gasteiger partial charge on any atom is -0.380 e. The van der Waals surface area contributed by atoms with Crippen molar-refractivity contribution in [3.05, 3.63) is 0 Å². The van der Waals surface area contributed by atoms with E-state index in [-0.39, 0.29) is 79.5 Å². The summed E-state index contributed by atoms with van der Waals surface area (Å²) in [6.07, 6.45) is -13.8. The molecule has 47 heavy (non-hydrogen) atoms. The molecule has 2 amide bonds. The Bertz CT molecular complexity index is 1200. The number of amidine groups is 2. The summed E-state index contributed by atoms with van der Waals surface area (Å²) in [5, 5.41) is 13.8. The van der Waals surface area contributed by atoms with Gasteiger partial charge in [-0.3, -0.25) is 19.6 Å². The number of hydrogen-bond donors (Lipinski definition) is 3. The molecule has 270 valence electrons. The third-order valence-corrected chi connectivity index (χ3v) is 11.0. The highest BCUT2D eigenvalue weighted by Crippen LogP contribution is 2.47. The van der Waals surface area contributed by atoms with Crippen molar-refractivity contribution in [1.82, 2.24) is 10.6 Å². The largest absolute Gasteiger partial charge is 0.417 e. The van der Waals surface area contributed by atoms with Crippen LogP contribution in [0.5, 0.6) is 0 Å². The molecule has 7 nitrogen and oxygen atoms in total. The van der Waals surface area contributed by atoms with Gasteiger partial charge in [-0.25, -0.2) is 8.78 Å². The molecule has 0 aromatic carbocycles. The number of rotatable bonds is 2. The monoisotopic (exact) mass is 736 g/mol. The van der Waals surface area contributed by atoms with Crippen LogP contribution in [0.25, 0.3) is 0 Å². The second-order valence-corrected chi connectivity index (χ2v) is 15.1. The van der Waals surface area contributed by atoms with E-state index >= 15 is 0 Å². The Balaban J connectivity index is 0.000000257. The van der Waals surface area contributed by atoms with Gasteiger partial charge in [0, 0.05) is 12.8 Å². The van der Waals surface area contributed by atoms with Gasteiger partial charge in [-0.05, 0) is 78.1 Å². The van der Waals surface area contributed by atoms with E-state index in [0.717, 1.165) is 13.8 Å². The van der Waals surface area contributed by atoms with Gasteiger partial charge in [-0.15, -0.1) is 0 Å². The van der Waals surface area contributed by atoms with Crippen molar-refractivity contribution in [2.24, 2.45) is 9.98 Å². The lowest BCUT2D eigenvalue weighted by molar-refractivity contribution is -0.266. The first-order chi connectivity index (χ1) is 21.3. The lowest BCUT2D eigenvalue weighted by Gasteiger charge is -2.33. The van der Waals surface area contributed by atoms with E-state index in [4.69, 9.17) is 0 Å². The maximum absolute atomic E-state index is 13.2. The van der Waals surface area contributed by atoms with E-state index in [0.29, 0.717) is 24.6 Å². The summed E-state index contributed by atoms with van der Waals surface area (Å²) in [4.78, 5) is 31.4. The van der Waals surface area contributed by atoms with Gasteiger partial charge in [0.05, 0.1) is 12.1 Å². The van der Waals surface area contributed by atoms with Gasteiger partial charge in [-0.1, -0.05) is 23.5 Å². The standard InChI is InChI=1S/C14H18F6N2O2S.C13H17F5N2OS/c1-11(13(15,16)17)9(23)22-10(25-11)21-8-4-2-6-12(24,7-3-5-8)14(18,19)20;1-11(13(16,17)18)9(21)20-10(22-11)19-8-4-2-6-12(14,15)7-3-5-8/h8,24H,2-7H2,1H3,(H,21,22,23);8H,2-7H2,1H3,(H,19,20,21). The fraction of sp³-hybridized carbons (Fsp3) is 0.852. The summed E-state index contributed by atoms with van der Waals surface area (Å²) >= 11 is 0.622. The molecule has 4 aliphatic rings. The number of nitrogens with zero attached hydrogens (tertiary/aromatic N) is 2. The third kappa shape index (κ3) is 9.45. The summed E-state index contributed by atoms with van der Waals surface area (Å²) in [6, 6.07) is -0.814. The summed E-state index contributed by atoms with van der Waals surface area (Å²) in [6.45, 7) is 1.57. The fourth-order valence-corrected chi connectivity index (χ4v) is 7.30. The Morgan fingerprint density at radius 3 is 1.23 bits per heavy atom. The average Bonchev–Trinajstić information content (AvgIpc) is 3.35. The van der Waals surface area contributed by atoms with Crippen LogP contribution >= 0.6 is 23.5 Å². The Hall–Kier alpha value is -1.83. The number of halogens is 11. The topological polar surface area (TPSA) is 103 Å². The summed E-state index contributed by atoms with van der Waals surface area (Å²) in [5.74, 6) is -5.01. The number of carbonyl (C=O) groups excluding carboxylic acids is 2. The van der Waals surface area contributed by atoms with E-state index in [1.165, 1.54) is 0 Å². The summed E-state index contributed by atoms with van der Waals surface area (Å²) in [5.41, 5.74) is -2.73. The first kappa shape index (κ1) is 39.6. The fourth-order valence-electron chi connectivity index (χ4n) is 5.32. The summed E-state index contributed by atoms with van der Waals surface area (Å²) < 4.78 is 138. The van der Waals surface area contributed by atoms with Crippen LogP contribution in [0.15, 0.2) is 9.98 Å². The smallest absolute Gasteiger partial charge is 0.380 e. The highest BCUT2D eigenvalue weighted by atomic mass is 32.2. The molecular formula is C27H35F11N4O3S2. The first-order valence-corrected chi connectivity index (χ1v) is 16.4. The highest BCUT2D eigenvalue weighted by Gasteiger charge is 2.63. The molecule has 0 spiro atoms. The predicted octanol–water partition coefficient (Wildman–Crippen LogP) is 7.43. The molecule has 2 atom stereocenters. The highest BCUT2D eigenvalue weighted by molar-refractivity contribution is 8.16.